The Balaban J connectivity index is 1.44. The molecule has 3 aromatic heterocycles. The molecule has 4 heterocycles. The van der Waals surface area contributed by atoms with E-state index in [2.05, 4.69) is 26.3 Å². The van der Waals surface area contributed by atoms with E-state index < -0.39 is 0 Å². The van der Waals surface area contributed by atoms with Crippen molar-refractivity contribution in [3.05, 3.63) is 76.7 Å². The lowest BCUT2D eigenvalue weighted by Gasteiger charge is -2.35. The number of carbonyl (C=O) groups excluding carboxylic acids is 1. The summed E-state index contributed by atoms with van der Waals surface area (Å²) >= 11 is 1.45. The molecule has 0 unspecified atom stereocenters. The molecular weight excluding hydrogens is 446 g/mol. The maximum atomic E-state index is 13.8. The molecule has 0 bridgehead atoms. The summed E-state index contributed by atoms with van der Waals surface area (Å²) in [4.78, 5) is 30.6. The van der Waals surface area contributed by atoms with Crippen molar-refractivity contribution in [2.24, 2.45) is 0 Å². The van der Waals surface area contributed by atoms with Crippen LogP contribution in [-0.4, -0.2) is 39.4 Å². The van der Waals surface area contributed by atoms with Crippen molar-refractivity contribution in [2.75, 3.05) is 19.0 Å². The van der Waals surface area contributed by atoms with Gasteiger partial charge in [0, 0.05) is 25.5 Å². The van der Waals surface area contributed by atoms with Crippen molar-refractivity contribution in [2.45, 2.75) is 38.8 Å². The zero-order valence-corrected chi connectivity index (χ0v) is 20.1. The highest BCUT2D eigenvalue weighted by Gasteiger charge is 2.31. The summed E-state index contributed by atoms with van der Waals surface area (Å²) < 4.78 is 5.33. The number of benzene rings is 1. The number of amides is 1. The second-order valence-electron chi connectivity index (χ2n) is 8.46. The molecule has 1 aromatic carbocycles. The number of pyridine rings is 1. The van der Waals surface area contributed by atoms with Crippen LogP contribution in [0.3, 0.4) is 0 Å². The fraction of sp³-hybridized carbons (Fsp3) is 0.308. The van der Waals surface area contributed by atoms with Gasteiger partial charge in [0.15, 0.2) is 0 Å². The van der Waals surface area contributed by atoms with Gasteiger partial charge in [0.2, 0.25) is 0 Å². The molecule has 1 saturated heterocycles. The van der Waals surface area contributed by atoms with E-state index in [1.165, 1.54) is 11.3 Å². The Morgan fingerprint density at radius 3 is 2.97 bits per heavy atom. The highest BCUT2D eigenvalue weighted by atomic mass is 32.1. The molecule has 5 rings (SSSR count). The van der Waals surface area contributed by atoms with Gasteiger partial charge in [-0.15, -0.1) is 11.3 Å². The number of aromatic nitrogens is 3. The van der Waals surface area contributed by atoms with Crippen molar-refractivity contribution >= 4 is 33.3 Å². The van der Waals surface area contributed by atoms with Gasteiger partial charge in [-0.05, 0) is 61.1 Å². The van der Waals surface area contributed by atoms with Crippen molar-refractivity contribution in [1.29, 1.82) is 0 Å². The lowest BCUT2D eigenvalue weighted by Crippen LogP contribution is -2.38. The minimum absolute atomic E-state index is 0.0521. The van der Waals surface area contributed by atoms with Gasteiger partial charge in [-0.3, -0.25) is 9.78 Å². The zero-order valence-electron chi connectivity index (χ0n) is 19.3. The first kappa shape index (κ1) is 22.3. The van der Waals surface area contributed by atoms with Gasteiger partial charge in [0.1, 0.15) is 22.7 Å². The normalized spacial score (nSPS) is 15.9. The first-order valence-electron chi connectivity index (χ1n) is 11.5. The monoisotopic (exact) mass is 473 g/mol. The highest BCUT2D eigenvalue weighted by Crippen LogP contribution is 2.37. The van der Waals surface area contributed by atoms with Crippen molar-refractivity contribution in [3.8, 4) is 5.75 Å². The quantitative estimate of drug-likeness (QED) is 0.405. The number of likely N-dealkylation sites (tertiary alicyclic amines) is 1. The molecule has 1 atom stereocenters. The van der Waals surface area contributed by atoms with Gasteiger partial charge in [0.25, 0.3) is 5.91 Å². The Morgan fingerprint density at radius 1 is 1.24 bits per heavy atom. The molecule has 7 nitrogen and oxygen atoms in total. The topological polar surface area (TPSA) is 80.2 Å². The average molecular weight is 474 g/mol. The van der Waals surface area contributed by atoms with E-state index in [0.717, 1.165) is 69.2 Å². The summed E-state index contributed by atoms with van der Waals surface area (Å²) in [5, 5.41) is 4.34. The fourth-order valence-electron chi connectivity index (χ4n) is 4.60. The second kappa shape index (κ2) is 9.77. The van der Waals surface area contributed by atoms with E-state index >= 15 is 0 Å². The minimum atomic E-state index is 0.0521. The number of rotatable bonds is 6. The molecule has 34 heavy (non-hydrogen) atoms. The molecule has 174 valence electrons. The highest BCUT2D eigenvalue weighted by molar-refractivity contribution is 7.20. The lowest BCUT2D eigenvalue weighted by atomic mass is 9.96. The summed E-state index contributed by atoms with van der Waals surface area (Å²) in [6, 6.07) is 12.0. The Kier molecular flexibility index (Phi) is 6.40. The lowest BCUT2D eigenvalue weighted by molar-refractivity contribution is 0.0615. The Bertz CT molecular complexity index is 1310. The Labute approximate surface area is 202 Å². The molecule has 1 N–H and O–H groups in total. The summed E-state index contributed by atoms with van der Waals surface area (Å²) in [7, 11) is 1.66. The summed E-state index contributed by atoms with van der Waals surface area (Å²) in [5.74, 6) is 1.62. The van der Waals surface area contributed by atoms with Crippen LogP contribution in [0, 0.1) is 6.92 Å². The molecule has 1 amide bonds. The number of aryl methyl sites for hydroxylation is 1. The van der Waals surface area contributed by atoms with Gasteiger partial charge in [-0.25, -0.2) is 9.97 Å². The van der Waals surface area contributed by atoms with Crippen LogP contribution in [0.4, 0.5) is 5.82 Å². The van der Waals surface area contributed by atoms with Gasteiger partial charge in [-0.2, -0.15) is 0 Å². The van der Waals surface area contributed by atoms with E-state index in [-0.39, 0.29) is 11.9 Å². The number of anilines is 1. The molecule has 0 radical (unpaired) electrons. The van der Waals surface area contributed by atoms with E-state index in [4.69, 9.17) is 4.74 Å². The number of fused-ring (bicyclic) bond motifs is 1. The molecule has 4 aromatic rings. The van der Waals surface area contributed by atoms with Crippen LogP contribution in [0.2, 0.25) is 0 Å². The van der Waals surface area contributed by atoms with E-state index in [9.17, 15) is 4.79 Å². The van der Waals surface area contributed by atoms with Gasteiger partial charge in [-0.1, -0.05) is 18.2 Å². The van der Waals surface area contributed by atoms with Crippen molar-refractivity contribution in [3.63, 3.8) is 0 Å². The van der Waals surface area contributed by atoms with Gasteiger partial charge in [0.05, 0.1) is 23.4 Å². The number of thiophene rings is 1. The van der Waals surface area contributed by atoms with E-state index in [0.29, 0.717) is 6.54 Å². The third-order valence-electron chi connectivity index (χ3n) is 6.35. The Hall–Kier alpha value is -3.52. The number of hydrogen-bond acceptors (Lipinski definition) is 7. The number of ether oxygens (including phenoxy) is 1. The van der Waals surface area contributed by atoms with Crippen LogP contribution in [0.1, 0.15) is 51.7 Å². The molecule has 1 aliphatic heterocycles. The standard InChI is InChI=1S/C26H27N5O2S/c1-17-22-24(28-14-18-7-5-9-20(13-18)33-2)29-16-30-25(22)34-23(17)26(32)31-12-4-3-10-21(31)19-8-6-11-27-15-19/h5-9,11,13,15-16,21H,3-4,10,12,14H2,1-2H3,(H,28,29,30)/t21-/m0/s1. The first-order chi connectivity index (χ1) is 16.7. The number of methoxy groups -OCH3 is 1. The van der Waals surface area contributed by atoms with Crippen LogP contribution in [0.15, 0.2) is 55.1 Å². The van der Waals surface area contributed by atoms with E-state index in [1.807, 2.05) is 48.4 Å². The van der Waals surface area contributed by atoms with Crippen molar-refractivity contribution in [1.82, 2.24) is 19.9 Å². The summed E-state index contributed by atoms with van der Waals surface area (Å²) in [6.07, 6.45) is 8.28. The van der Waals surface area contributed by atoms with Crippen LogP contribution >= 0.6 is 11.3 Å². The number of piperidine rings is 1. The smallest absolute Gasteiger partial charge is 0.264 e. The maximum Gasteiger partial charge on any atom is 0.264 e. The van der Waals surface area contributed by atoms with Crippen LogP contribution in [0.25, 0.3) is 10.2 Å². The molecule has 0 spiro atoms. The van der Waals surface area contributed by atoms with Crippen LogP contribution < -0.4 is 10.1 Å². The first-order valence-corrected chi connectivity index (χ1v) is 12.3. The van der Waals surface area contributed by atoms with Crippen LogP contribution in [-0.2, 0) is 6.54 Å². The number of carbonyl (C=O) groups is 1. The summed E-state index contributed by atoms with van der Waals surface area (Å²) in [5.41, 5.74) is 3.10. The molecule has 8 heteroatoms. The maximum absolute atomic E-state index is 13.8. The van der Waals surface area contributed by atoms with Gasteiger partial charge >= 0.3 is 0 Å². The third-order valence-corrected chi connectivity index (χ3v) is 7.54. The Morgan fingerprint density at radius 2 is 2.15 bits per heavy atom. The molecule has 1 aliphatic rings. The molecular formula is C26H27N5O2S. The predicted molar refractivity (Wildman–Crippen MR) is 134 cm³/mol. The third kappa shape index (κ3) is 4.33. The number of nitrogens with zero attached hydrogens (tertiary/aromatic N) is 4. The fourth-order valence-corrected chi connectivity index (χ4v) is 5.71. The SMILES string of the molecule is COc1cccc(CNc2ncnc3sc(C(=O)N4CCCC[C@H]4c4cccnc4)c(C)c23)c1. The van der Waals surface area contributed by atoms with E-state index in [1.54, 1.807) is 19.6 Å². The zero-order chi connectivity index (χ0) is 23.5. The number of nitrogens with one attached hydrogen (secondary N) is 1. The van der Waals surface area contributed by atoms with Crippen LogP contribution in [0.5, 0.6) is 5.75 Å². The number of hydrogen-bond donors (Lipinski definition) is 1. The average Bonchev–Trinajstić information content (AvgIpc) is 3.24. The molecule has 0 saturated carbocycles. The minimum Gasteiger partial charge on any atom is -0.497 e. The molecule has 1 fully saturated rings. The summed E-state index contributed by atoms with van der Waals surface area (Å²) in [6.45, 7) is 3.34. The predicted octanol–water partition coefficient (Wildman–Crippen LogP) is 5.38. The van der Waals surface area contributed by atoms with Crippen molar-refractivity contribution < 1.29 is 9.53 Å². The van der Waals surface area contributed by atoms with Gasteiger partial charge < -0.3 is 15.0 Å². The largest absolute Gasteiger partial charge is 0.497 e. The second-order valence-corrected chi connectivity index (χ2v) is 9.46. The molecule has 0 aliphatic carbocycles.